The summed E-state index contributed by atoms with van der Waals surface area (Å²) in [7, 11) is 3.06. The Balaban J connectivity index is 1.67. The lowest BCUT2D eigenvalue weighted by molar-refractivity contribution is -0.148. The number of phenols is 1. The summed E-state index contributed by atoms with van der Waals surface area (Å²) in [6.45, 7) is -0.733. The maximum absolute atomic E-state index is 14.1. The zero-order chi connectivity index (χ0) is 32.3. The smallest absolute Gasteiger partial charge is 0.390 e. The van der Waals surface area contributed by atoms with Gasteiger partial charge in [0, 0.05) is 48.1 Å². The standard InChI is InChI=1S/C29H30F3N5O7/c1-37(2)20-16-10-12-8-14-15(27-35-5-3-6-36-27)9-13(11-34-7-4-28(30,31)32)21(38)18(14)22(39)17(12)24(41)29(16,44)25(42)19(23(20)40)26(33)43/h3,5-6,9,12,16,20,34,38,40-41,44H,4,7-8,10-11H2,1-2H3,(H2,33,43)/t12-,16-,20-,29-/m0/s1. The number of amides is 1. The molecule has 44 heavy (non-hydrogen) atoms. The van der Waals surface area contributed by atoms with Crippen molar-refractivity contribution in [2.24, 2.45) is 17.6 Å². The third kappa shape index (κ3) is 4.90. The van der Waals surface area contributed by atoms with Gasteiger partial charge in [0.1, 0.15) is 22.8 Å². The number of benzene rings is 1. The molecule has 234 valence electrons. The number of nitrogens with zero attached hydrogens (tertiary/aromatic N) is 3. The topological polar surface area (TPSA) is 199 Å². The molecule has 1 heterocycles. The summed E-state index contributed by atoms with van der Waals surface area (Å²) < 4.78 is 38.0. The van der Waals surface area contributed by atoms with E-state index in [1.54, 1.807) is 6.07 Å². The minimum Gasteiger partial charge on any atom is -0.510 e. The zero-order valence-electron chi connectivity index (χ0n) is 23.6. The monoisotopic (exact) mass is 617 g/mol. The molecule has 0 radical (unpaired) electrons. The molecule has 3 aliphatic carbocycles. The number of carbonyl (C=O) groups is 3. The van der Waals surface area contributed by atoms with Gasteiger partial charge in [-0.3, -0.25) is 19.3 Å². The van der Waals surface area contributed by atoms with Crippen LogP contribution in [0.1, 0.15) is 34.3 Å². The number of hydrogen-bond acceptors (Lipinski definition) is 11. The summed E-state index contributed by atoms with van der Waals surface area (Å²) in [5, 5.41) is 48.0. The Morgan fingerprint density at radius 2 is 1.84 bits per heavy atom. The normalized spacial score (nSPS) is 25.2. The van der Waals surface area contributed by atoms with Crippen LogP contribution >= 0.6 is 0 Å². The Morgan fingerprint density at radius 3 is 2.43 bits per heavy atom. The van der Waals surface area contributed by atoms with Gasteiger partial charge < -0.3 is 31.5 Å². The second-order valence-electron chi connectivity index (χ2n) is 11.4. The number of carbonyl (C=O) groups excluding carboxylic acids is 3. The SMILES string of the molecule is CN(C)[C@@H]1C(O)=C(C(N)=O)C(=O)[C@@]2(O)C(O)=C3C(=O)c4c(O)c(CNCCC(F)(F)F)cc(-c5ncccn5)c4C[C@H]3C[C@@H]12. The molecule has 0 fully saturated rings. The first kappa shape index (κ1) is 31.1. The van der Waals surface area contributed by atoms with Gasteiger partial charge in [0.05, 0.1) is 18.0 Å². The fourth-order valence-electron chi connectivity index (χ4n) is 6.60. The van der Waals surface area contributed by atoms with Crippen molar-refractivity contribution in [3.63, 3.8) is 0 Å². The number of hydrogen-bond donors (Lipinski definition) is 6. The van der Waals surface area contributed by atoms with E-state index in [4.69, 9.17) is 5.73 Å². The van der Waals surface area contributed by atoms with Gasteiger partial charge in [0.25, 0.3) is 5.91 Å². The molecule has 1 amide bonds. The molecule has 12 nitrogen and oxygen atoms in total. The molecule has 1 aromatic heterocycles. The molecule has 4 atom stereocenters. The van der Waals surface area contributed by atoms with Crippen LogP contribution in [0.3, 0.4) is 0 Å². The van der Waals surface area contributed by atoms with Gasteiger partial charge in [-0.2, -0.15) is 13.2 Å². The van der Waals surface area contributed by atoms with E-state index in [1.165, 1.54) is 37.5 Å². The largest absolute Gasteiger partial charge is 0.510 e. The summed E-state index contributed by atoms with van der Waals surface area (Å²) in [4.78, 5) is 49.7. The van der Waals surface area contributed by atoms with Crippen molar-refractivity contribution in [1.29, 1.82) is 0 Å². The van der Waals surface area contributed by atoms with Crippen molar-refractivity contribution in [3.8, 4) is 17.1 Å². The molecule has 0 saturated heterocycles. The van der Waals surface area contributed by atoms with Crippen molar-refractivity contribution in [1.82, 2.24) is 20.2 Å². The number of halogens is 3. The average molecular weight is 618 g/mol. The third-order valence-electron chi connectivity index (χ3n) is 8.51. The van der Waals surface area contributed by atoms with Gasteiger partial charge in [-0.1, -0.05) is 0 Å². The molecule has 0 aliphatic heterocycles. The number of aromatic hydroxyl groups is 1. The Labute approximate surface area is 248 Å². The predicted octanol–water partition coefficient (Wildman–Crippen LogP) is 1.62. The van der Waals surface area contributed by atoms with Crippen molar-refractivity contribution in [2.45, 2.75) is 43.6 Å². The van der Waals surface area contributed by atoms with Crippen molar-refractivity contribution < 1.29 is 48.0 Å². The lowest BCUT2D eigenvalue weighted by Crippen LogP contribution is -2.63. The van der Waals surface area contributed by atoms with E-state index in [-0.39, 0.29) is 41.9 Å². The quantitative estimate of drug-likeness (QED) is 0.195. The number of allylic oxidation sites excluding steroid dienone is 1. The van der Waals surface area contributed by atoms with Gasteiger partial charge in [0.2, 0.25) is 5.78 Å². The summed E-state index contributed by atoms with van der Waals surface area (Å²) in [6.07, 6.45) is -2.75. The van der Waals surface area contributed by atoms with Gasteiger partial charge >= 0.3 is 6.18 Å². The number of fused-ring (bicyclic) bond motifs is 3. The molecule has 0 unspecified atom stereocenters. The molecule has 3 aliphatic rings. The molecule has 0 saturated carbocycles. The first-order valence-corrected chi connectivity index (χ1v) is 13.7. The number of primary amides is 1. The van der Waals surface area contributed by atoms with Crippen LogP contribution in [0.5, 0.6) is 5.75 Å². The highest BCUT2D eigenvalue weighted by atomic mass is 19.4. The zero-order valence-corrected chi connectivity index (χ0v) is 23.6. The third-order valence-corrected chi connectivity index (χ3v) is 8.51. The minimum atomic E-state index is -4.41. The van der Waals surface area contributed by atoms with E-state index in [2.05, 4.69) is 15.3 Å². The van der Waals surface area contributed by atoms with Gasteiger partial charge in [-0.05, 0) is 50.6 Å². The van der Waals surface area contributed by atoms with Crippen LogP contribution in [0.25, 0.3) is 11.4 Å². The van der Waals surface area contributed by atoms with Gasteiger partial charge in [-0.25, -0.2) is 9.97 Å². The van der Waals surface area contributed by atoms with E-state index >= 15 is 0 Å². The fraction of sp³-hybridized carbons (Fsp3) is 0.414. The molecular weight excluding hydrogens is 587 g/mol. The number of likely N-dealkylation sites (N-methyl/N-ethyl adjacent to an activating group) is 1. The first-order chi connectivity index (χ1) is 20.6. The number of phenolic OH excluding ortho intramolecular Hbond substituents is 1. The maximum Gasteiger partial charge on any atom is 0.390 e. The minimum absolute atomic E-state index is 0.00251. The summed E-state index contributed by atoms with van der Waals surface area (Å²) in [5.41, 5.74) is 1.66. The number of nitrogens with one attached hydrogen (secondary N) is 1. The Bertz CT molecular complexity index is 1620. The number of ketones is 2. The van der Waals surface area contributed by atoms with Crippen LogP contribution in [0, 0.1) is 11.8 Å². The number of aliphatic hydroxyl groups is 3. The summed E-state index contributed by atoms with van der Waals surface area (Å²) >= 11 is 0. The number of aromatic nitrogens is 2. The second-order valence-corrected chi connectivity index (χ2v) is 11.4. The highest BCUT2D eigenvalue weighted by molar-refractivity contribution is 6.25. The molecule has 5 rings (SSSR count). The average Bonchev–Trinajstić information content (AvgIpc) is 2.93. The number of nitrogens with two attached hydrogens (primary N) is 1. The molecule has 2 aromatic rings. The van der Waals surface area contributed by atoms with Gasteiger partial charge in [-0.15, -0.1) is 0 Å². The molecule has 15 heteroatoms. The van der Waals surface area contributed by atoms with Crippen molar-refractivity contribution in [2.75, 3.05) is 20.6 Å². The van der Waals surface area contributed by atoms with Crippen LogP contribution in [-0.2, 0) is 22.6 Å². The predicted molar refractivity (Wildman–Crippen MR) is 147 cm³/mol. The molecule has 7 N–H and O–H groups in total. The Hall–Kier alpha value is -4.34. The van der Waals surface area contributed by atoms with E-state index in [0.717, 1.165) is 0 Å². The van der Waals surface area contributed by atoms with Crippen LogP contribution in [0.15, 0.2) is 47.2 Å². The summed E-state index contributed by atoms with van der Waals surface area (Å²) in [5.74, 6) is -7.74. The molecule has 0 bridgehead atoms. The lowest BCUT2D eigenvalue weighted by atomic mass is 9.58. The molecule has 1 aromatic carbocycles. The first-order valence-electron chi connectivity index (χ1n) is 13.7. The maximum atomic E-state index is 14.1. The highest BCUT2D eigenvalue weighted by Gasteiger charge is 2.63. The second kappa shape index (κ2) is 11.0. The van der Waals surface area contributed by atoms with Crippen LogP contribution in [0.4, 0.5) is 13.2 Å². The van der Waals surface area contributed by atoms with Gasteiger partial charge in [0.15, 0.2) is 17.2 Å². The molecular formula is C29H30F3N5O7. The number of aliphatic hydroxyl groups excluding tert-OH is 2. The number of Topliss-reactive ketones (excluding diaryl/α,β-unsaturated/α-hetero) is 2. The van der Waals surface area contributed by atoms with Crippen LogP contribution in [-0.4, -0.2) is 91.2 Å². The number of rotatable bonds is 7. The summed E-state index contributed by atoms with van der Waals surface area (Å²) in [6, 6.07) is 1.89. The fourth-order valence-corrected chi connectivity index (χ4v) is 6.60. The Morgan fingerprint density at radius 1 is 1.18 bits per heavy atom. The number of alkyl halides is 3. The van der Waals surface area contributed by atoms with Crippen LogP contribution in [0.2, 0.25) is 0 Å². The highest BCUT2D eigenvalue weighted by Crippen LogP contribution is 2.53. The molecule has 0 spiro atoms. The van der Waals surface area contributed by atoms with E-state index < -0.39 is 82.9 Å². The van der Waals surface area contributed by atoms with Crippen molar-refractivity contribution >= 4 is 17.5 Å². The van der Waals surface area contributed by atoms with E-state index in [1.807, 2.05) is 0 Å². The van der Waals surface area contributed by atoms with Crippen molar-refractivity contribution in [3.05, 3.63) is 63.9 Å². The lowest BCUT2D eigenvalue weighted by Gasteiger charge is -2.50. The Kier molecular flexibility index (Phi) is 7.76. The van der Waals surface area contributed by atoms with E-state index in [9.17, 15) is 48.0 Å². The van der Waals surface area contributed by atoms with E-state index in [0.29, 0.717) is 11.1 Å². The van der Waals surface area contributed by atoms with Crippen LogP contribution < -0.4 is 11.1 Å².